The summed E-state index contributed by atoms with van der Waals surface area (Å²) in [5, 5.41) is 3.47. The van der Waals surface area contributed by atoms with Crippen molar-refractivity contribution < 1.29 is 4.79 Å². The maximum absolute atomic E-state index is 11.6. The van der Waals surface area contributed by atoms with E-state index in [0.29, 0.717) is 0 Å². The summed E-state index contributed by atoms with van der Waals surface area (Å²) in [5.74, 6) is -0.0584. The van der Waals surface area contributed by atoms with E-state index in [-0.39, 0.29) is 29.3 Å². The summed E-state index contributed by atoms with van der Waals surface area (Å²) in [4.78, 5) is 11.6. The molecule has 110 valence electrons. The molecular weight excluding hydrogens is 248 g/mol. The Balaban J connectivity index is 2.29. The maximum Gasteiger partial charge on any atom is 0.234 e. The van der Waals surface area contributed by atoms with Crippen LogP contribution in [0.25, 0.3) is 0 Å². The monoisotopic (exact) mass is 274 g/mol. The molecular formula is C17H26N2O. The molecule has 0 bridgehead atoms. The molecule has 2 rings (SSSR count). The number of rotatable bonds is 4. The molecule has 20 heavy (non-hydrogen) atoms. The Morgan fingerprint density at radius 1 is 1.35 bits per heavy atom. The van der Waals surface area contributed by atoms with Crippen molar-refractivity contribution in [3.63, 3.8) is 0 Å². The molecule has 3 nitrogen and oxygen atoms in total. The summed E-state index contributed by atoms with van der Waals surface area (Å²) in [6.45, 7) is 8.63. The molecule has 1 aliphatic rings. The van der Waals surface area contributed by atoms with Crippen molar-refractivity contribution in [3.05, 3.63) is 35.4 Å². The van der Waals surface area contributed by atoms with Gasteiger partial charge in [0.25, 0.3) is 0 Å². The van der Waals surface area contributed by atoms with Crippen LogP contribution in [-0.4, -0.2) is 11.9 Å². The molecule has 3 N–H and O–H groups in total. The molecule has 1 aromatic rings. The maximum atomic E-state index is 11.6. The molecule has 0 aromatic heterocycles. The second-order valence-corrected chi connectivity index (χ2v) is 6.85. The van der Waals surface area contributed by atoms with E-state index in [1.165, 1.54) is 11.1 Å². The van der Waals surface area contributed by atoms with Gasteiger partial charge in [0.2, 0.25) is 5.91 Å². The summed E-state index contributed by atoms with van der Waals surface area (Å²) >= 11 is 0. The molecule has 2 unspecified atom stereocenters. The Morgan fingerprint density at radius 3 is 2.60 bits per heavy atom. The summed E-state index contributed by atoms with van der Waals surface area (Å²) in [6, 6.07) is 8.50. The van der Waals surface area contributed by atoms with Crippen LogP contribution in [0.4, 0.5) is 0 Å². The SMILES string of the molecule is CC(C)C(NC1CCC(C)(C)c2ccccc21)C(N)=O. The van der Waals surface area contributed by atoms with Crippen LogP contribution in [0.3, 0.4) is 0 Å². The van der Waals surface area contributed by atoms with Crippen molar-refractivity contribution in [2.45, 2.75) is 58.0 Å². The van der Waals surface area contributed by atoms with Crippen LogP contribution in [0, 0.1) is 5.92 Å². The van der Waals surface area contributed by atoms with Crippen LogP contribution < -0.4 is 11.1 Å². The number of benzene rings is 1. The minimum atomic E-state index is -0.269. The largest absolute Gasteiger partial charge is 0.368 e. The van der Waals surface area contributed by atoms with Gasteiger partial charge in [-0.3, -0.25) is 10.1 Å². The highest BCUT2D eigenvalue weighted by Crippen LogP contribution is 2.41. The van der Waals surface area contributed by atoms with Gasteiger partial charge in [-0.2, -0.15) is 0 Å². The van der Waals surface area contributed by atoms with E-state index in [1.54, 1.807) is 0 Å². The first kappa shape index (κ1) is 15.0. The van der Waals surface area contributed by atoms with Gasteiger partial charge in [0, 0.05) is 6.04 Å². The minimum absolute atomic E-state index is 0.203. The summed E-state index contributed by atoms with van der Waals surface area (Å²) in [5.41, 5.74) is 8.43. The average molecular weight is 274 g/mol. The predicted molar refractivity (Wildman–Crippen MR) is 82.4 cm³/mol. The van der Waals surface area contributed by atoms with E-state index in [9.17, 15) is 4.79 Å². The molecule has 0 saturated carbocycles. The molecule has 1 amide bonds. The van der Waals surface area contributed by atoms with Crippen molar-refractivity contribution in [2.24, 2.45) is 11.7 Å². The number of amides is 1. The Kier molecular flexibility index (Phi) is 4.19. The Morgan fingerprint density at radius 2 is 2.00 bits per heavy atom. The molecule has 0 heterocycles. The second kappa shape index (κ2) is 5.57. The predicted octanol–water partition coefficient (Wildman–Crippen LogP) is 2.90. The molecule has 1 aliphatic carbocycles. The van der Waals surface area contributed by atoms with E-state index in [1.807, 2.05) is 13.8 Å². The third-order valence-corrected chi connectivity index (χ3v) is 4.48. The lowest BCUT2D eigenvalue weighted by molar-refractivity contribution is -0.121. The second-order valence-electron chi connectivity index (χ2n) is 6.85. The van der Waals surface area contributed by atoms with E-state index in [2.05, 4.69) is 43.4 Å². The Labute approximate surface area is 121 Å². The van der Waals surface area contributed by atoms with Crippen molar-refractivity contribution >= 4 is 5.91 Å². The van der Waals surface area contributed by atoms with Gasteiger partial charge in [-0.1, -0.05) is 52.0 Å². The Hall–Kier alpha value is -1.35. The molecule has 0 aliphatic heterocycles. The lowest BCUT2D eigenvalue weighted by Gasteiger charge is -2.39. The molecule has 0 spiro atoms. The lowest BCUT2D eigenvalue weighted by Crippen LogP contribution is -2.47. The normalized spacial score (nSPS) is 22.4. The topological polar surface area (TPSA) is 55.1 Å². The van der Waals surface area contributed by atoms with Crippen LogP contribution >= 0.6 is 0 Å². The van der Waals surface area contributed by atoms with Crippen molar-refractivity contribution in [2.75, 3.05) is 0 Å². The van der Waals surface area contributed by atoms with Crippen molar-refractivity contribution in [1.29, 1.82) is 0 Å². The highest BCUT2D eigenvalue weighted by molar-refractivity contribution is 5.80. The lowest BCUT2D eigenvalue weighted by atomic mass is 9.71. The zero-order chi connectivity index (χ0) is 14.9. The number of nitrogens with one attached hydrogen (secondary N) is 1. The van der Waals surface area contributed by atoms with Crippen LogP contribution in [0.1, 0.15) is 57.7 Å². The van der Waals surface area contributed by atoms with Crippen LogP contribution in [0.5, 0.6) is 0 Å². The number of primary amides is 1. The van der Waals surface area contributed by atoms with Gasteiger partial charge in [-0.05, 0) is 35.3 Å². The average Bonchev–Trinajstić information content (AvgIpc) is 2.37. The molecule has 2 atom stereocenters. The summed E-state index contributed by atoms with van der Waals surface area (Å²) < 4.78 is 0. The number of fused-ring (bicyclic) bond motifs is 1. The van der Waals surface area contributed by atoms with E-state index < -0.39 is 0 Å². The number of hydrogen-bond donors (Lipinski definition) is 2. The van der Waals surface area contributed by atoms with E-state index in [4.69, 9.17) is 5.73 Å². The Bertz CT molecular complexity index is 494. The molecule has 0 fully saturated rings. The molecule has 0 saturated heterocycles. The first-order chi connectivity index (χ1) is 9.33. The van der Waals surface area contributed by atoms with Crippen molar-refractivity contribution in [3.8, 4) is 0 Å². The summed E-state index contributed by atoms with van der Waals surface area (Å²) in [6.07, 6.45) is 2.16. The van der Waals surface area contributed by atoms with Gasteiger partial charge in [-0.25, -0.2) is 0 Å². The number of hydrogen-bond acceptors (Lipinski definition) is 2. The quantitative estimate of drug-likeness (QED) is 0.887. The first-order valence-corrected chi connectivity index (χ1v) is 7.47. The van der Waals surface area contributed by atoms with Gasteiger partial charge in [0.05, 0.1) is 6.04 Å². The highest BCUT2D eigenvalue weighted by atomic mass is 16.1. The number of nitrogens with two attached hydrogens (primary N) is 1. The molecule has 3 heteroatoms. The van der Waals surface area contributed by atoms with Gasteiger partial charge < -0.3 is 5.73 Å². The van der Waals surface area contributed by atoms with Crippen LogP contribution in [0.2, 0.25) is 0 Å². The first-order valence-electron chi connectivity index (χ1n) is 7.47. The fourth-order valence-electron chi connectivity index (χ4n) is 3.21. The van der Waals surface area contributed by atoms with Gasteiger partial charge in [-0.15, -0.1) is 0 Å². The standard InChI is InChI=1S/C17H26N2O/c1-11(2)15(16(18)20)19-14-9-10-17(3,4)13-8-6-5-7-12(13)14/h5-8,11,14-15,19H,9-10H2,1-4H3,(H2,18,20). The van der Waals surface area contributed by atoms with Gasteiger partial charge in [0.15, 0.2) is 0 Å². The number of carbonyl (C=O) groups excluding carboxylic acids is 1. The van der Waals surface area contributed by atoms with E-state index >= 15 is 0 Å². The number of carbonyl (C=O) groups is 1. The fourth-order valence-corrected chi connectivity index (χ4v) is 3.21. The van der Waals surface area contributed by atoms with Crippen molar-refractivity contribution in [1.82, 2.24) is 5.32 Å². The van der Waals surface area contributed by atoms with Crippen LogP contribution in [0.15, 0.2) is 24.3 Å². The summed E-state index contributed by atoms with van der Waals surface area (Å²) in [7, 11) is 0. The molecule has 0 radical (unpaired) electrons. The third-order valence-electron chi connectivity index (χ3n) is 4.48. The smallest absolute Gasteiger partial charge is 0.234 e. The van der Waals surface area contributed by atoms with Gasteiger partial charge >= 0.3 is 0 Å². The fraction of sp³-hybridized carbons (Fsp3) is 0.588. The van der Waals surface area contributed by atoms with E-state index in [0.717, 1.165) is 12.8 Å². The third kappa shape index (κ3) is 2.88. The highest BCUT2D eigenvalue weighted by Gasteiger charge is 2.34. The zero-order valence-electron chi connectivity index (χ0n) is 12.9. The minimum Gasteiger partial charge on any atom is -0.368 e. The van der Waals surface area contributed by atoms with Crippen LogP contribution in [-0.2, 0) is 10.2 Å². The zero-order valence-corrected chi connectivity index (χ0v) is 12.9. The van der Waals surface area contributed by atoms with Gasteiger partial charge in [0.1, 0.15) is 0 Å². The molecule has 1 aromatic carbocycles.